The van der Waals surface area contributed by atoms with Gasteiger partial charge in [0.2, 0.25) is 0 Å². The Morgan fingerprint density at radius 3 is 2.31 bits per heavy atom. The van der Waals surface area contributed by atoms with Crippen molar-refractivity contribution in [3.8, 4) is 0 Å². The Morgan fingerprint density at radius 2 is 1.48 bits per heavy atom. The maximum absolute atomic E-state index is 2.44. The van der Waals surface area contributed by atoms with Crippen molar-refractivity contribution in [1.29, 1.82) is 0 Å². The lowest BCUT2D eigenvalue weighted by Crippen LogP contribution is -2.31. The third-order valence-electron chi connectivity index (χ3n) is 6.01. The van der Waals surface area contributed by atoms with Crippen LogP contribution in [0.2, 0.25) is 0 Å². The second kappa shape index (κ2) is 5.66. The largest absolute Gasteiger partial charge is 0.358 e. The van der Waals surface area contributed by atoms with Gasteiger partial charge in [0.25, 0.3) is 0 Å². The molecule has 3 aromatic carbocycles. The maximum atomic E-state index is 2.44. The molecule has 2 aromatic heterocycles. The first-order chi connectivity index (χ1) is 14.0. The van der Waals surface area contributed by atoms with Crippen LogP contribution in [0.15, 0.2) is 73.1 Å². The van der Waals surface area contributed by atoms with Crippen LogP contribution in [-0.4, -0.2) is 22.5 Å². The lowest BCUT2D eigenvalue weighted by Gasteiger charge is -2.28. The Bertz CT molecular complexity index is 1400. The number of fused-ring (bicyclic) bond motifs is 6. The highest BCUT2D eigenvalue weighted by molar-refractivity contribution is 6.23. The second-order valence-electron chi connectivity index (χ2n) is 9.47. The van der Waals surface area contributed by atoms with E-state index in [0.717, 1.165) is 13.2 Å². The number of nitrogens with zero attached hydrogens (tertiary/aromatic N) is 3. The molecule has 6 rings (SSSR count). The molecule has 0 saturated carbocycles. The zero-order valence-electron chi connectivity index (χ0n) is 17.2. The van der Waals surface area contributed by atoms with Gasteiger partial charge in [-0.3, -0.25) is 0 Å². The second-order valence-corrected chi connectivity index (χ2v) is 9.47. The van der Waals surface area contributed by atoms with Gasteiger partial charge in [0, 0.05) is 46.2 Å². The van der Waals surface area contributed by atoms with Crippen LogP contribution in [0, 0.1) is 5.41 Å². The molecule has 3 heteroatoms. The monoisotopic (exact) mass is 379 g/mol. The fourth-order valence-corrected chi connectivity index (χ4v) is 4.94. The number of benzene rings is 3. The molecule has 0 unspecified atom stereocenters. The van der Waals surface area contributed by atoms with E-state index >= 15 is 0 Å². The Morgan fingerprint density at radius 1 is 0.759 bits per heavy atom. The van der Waals surface area contributed by atoms with Gasteiger partial charge in [0.1, 0.15) is 0 Å². The van der Waals surface area contributed by atoms with E-state index in [0.29, 0.717) is 5.41 Å². The van der Waals surface area contributed by atoms with Crippen molar-refractivity contribution < 1.29 is 0 Å². The molecule has 0 N–H and O–H groups in total. The molecule has 144 valence electrons. The number of aromatic nitrogens is 1. The smallest absolute Gasteiger partial charge is 0.0942 e. The van der Waals surface area contributed by atoms with Crippen LogP contribution in [0.5, 0.6) is 0 Å². The van der Waals surface area contributed by atoms with Crippen LogP contribution in [0.4, 0.5) is 5.69 Å². The summed E-state index contributed by atoms with van der Waals surface area (Å²) < 4.78 is 2.44. The zero-order chi connectivity index (χ0) is 19.8. The molecule has 5 aromatic rings. The van der Waals surface area contributed by atoms with Gasteiger partial charge in [-0.2, -0.15) is 0 Å². The van der Waals surface area contributed by atoms with Crippen molar-refractivity contribution in [1.82, 2.24) is 9.30 Å². The summed E-state index contributed by atoms with van der Waals surface area (Å²) in [5.41, 5.74) is 5.46. The van der Waals surface area contributed by atoms with E-state index in [-0.39, 0.29) is 0 Å². The SMILES string of the molecule is CC(C)(C)CN1C=CN(c2ccc3c(c2)c2cccc4c5ccccc5n3c42)C1. The van der Waals surface area contributed by atoms with Crippen molar-refractivity contribution in [2.75, 3.05) is 18.1 Å². The van der Waals surface area contributed by atoms with Gasteiger partial charge in [-0.15, -0.1) is 0 Å². The molecule has 0 amide bonds. The maximum Gasteiger partial charge on any atom is 0.0942 e. The summed E-state index contributed by atoms with van der Waals surface area (Å²) in [6.45, 7) is 8.84. The van der Waals surface area contributed by atoms with Gasteiger partial charge in [-0.1, -0.05) is 57.2 Å². The summed E-state index contributed by atoms with van der Waals surface area (Å²) in [5.74, 6) is 0. The molecule has 0 saturated heterocycles. The zero-order valence-corrected chi connectivity index (χ0v) is 17.2. The van der Waals surface area contributed by atoms with E-state index in [4.69, 9.17) is 0 Å². The Labute approximate surface area is 170 Å². The van der Waals surface area contributed by atoms with Crippen molar-refractivity contribution in [2.24, 2.45) is 5.41 Å². The number of hydrogen-bond donors (Lipinski definition) is 0. The van der Waals surface area contributed by atoms with Crippen LogP contribution < -0.4 is 4.90 Å². The standard InChI is InChI=1S/C26H25N3/c1-26(2,3)16-27-13-14-28(17-27)18-11-12-24-22(15-18)21-9-6-8-20-19-7-4-5-10-23(19)29(24)25(20)21/h4-15H,16-17H2,1-3H3. The van der Waals surface area contributed by atoms with E-state index in [1.165, 1.54) is 43.8 Å². The molecule has 0 spiro atoms. The Hall–Kier alpha value is -3.20. The fraction of sp³-hybridized carbons (Fsp3) is 0.231. The minimum Gasteiger partial charge on any atom is -0.358 e. The van der Waals surface area contributed by atoms with Crippen LogP contribution in [0.1, 0.15) is 20.8 Å². The molecule has 3 nitrogen and oxygen atoms in total. The number of anilines is 1. The van der Waals surface area contributed by atoms with E-state index < -0.39 is 0 Å². The molecule has 1 aliphatic rings. The van der Waals surface area contributed by atoms with E-state index in [9.17, 15) is 0 Å². The highest BCUT2D eigenvalue weighted by Crippen LogP contribution is 2.40. The van der Waals surface area contributed by atoms with Gasteiger partial charge in [-0.05, 0) is 29.7 Å². The molecule has 0 radical (unpaired) electrons. The van der Waals surface area contributed by atoms with Crippen molar-refractivity contribution in [3.63, 3.8) is 0 Å². The third kappa shape index (κ3) is 2.43. The van der Waals surface area contributed by atoms with Crippen LogP contribution >= 0.6 is 0 Å². The number of para-hydroxylation sites is 2. The third-order valence-corrected chi connectivity index (χ3v) is 6.01. The highest BCUT2D eigenvalue weighted by atomic mass is 15.3. The van der Waals surface area contributed by atoms with Crippen LogP contribution in [0.25, 0.3) is 38.1 Å². The quantitative estimate of drug-likeness (QED) is 0.350. The summed E-state index contributed by atoms with van der Waals surface area (Å²) in [4.78, 5) is 4.74. The molecule has 0 aliphatic carbocycles. The molecule has 0 bridgehead atoms. The molecule has 0 fully saturated rings. The number of hydrogen-bond acceptors (Lipinski definition) is 2. The topological polar surface area (TPSA) is 10.9 Å². The lowest BCUT2D eigenvalue weighted by atomic mass is 9.96. The summed E-state index contributed by atoms with van der Waals surface area (Å²) >= 11 is 0. The molecule has 0 atom stereocenters. The molecule has 1 aliphatic heterocycles. The summed E-state index contributed by atoms with van der Waals surface area (Å²) in [7, 11) is 0. The summed E-state index contributed by atoms with van der Waals surface area (Å²) in [6.07, 6.45) is 4.43. The van der Waals surface area contributed by atoms with Crippen molar-refractivity contribution in [3.05, 3.63) is 73.1 Å². The lowest BCUT2D eigenvalue weighted by molar-refractivity contribution is 0.265. The average molecular weight is 380 g/mol. The number of rotatable bonds is 2. The molecular weight excluding hydrogens is 354 g/mol. The first-order valence-electron chi connectivity index (χ1n) is 10.4. The first-order valence-corrected chi connectivity index (χ1v) is 10.4. The van der Waals surface area contributed by atoms with Crippen LogP contribution in [-0.2, 0) is 0 Å². The van der Waals surface area contributed by atoms with Gasteiger partial charge >= 0.3 is 0 Å². The molecule has 3 heterocycles. The minimum absolute atomic E-state index is 0.290. The Kier molecular flexibility index (Phi) is 3.27. The van der Waals surface area contributed by atoms with Gasteiger partial charge in [0.05, 0.1) is 23.2 Å². The van der Waals surface area contributed by atoms with Gasteiger partial charge in [0.15, 0.2) is 0 Å². The molecule has 29 heavy (non-hydrogen) atoms. The predicted molar refractivity (Wildman–Crippen MR) is 124 cm³/mol. The normalized spacial score (nSPS) is 15.1. The van der Waals surface area contributed by atoms with Crippen molar-refractivity contribution >= 4 is 43.8 Å². The highest BCUT2D eigenvalue weighted by Gasteiger charge is 2.21. The van der Waals surface area contributed by atoms with E-state index in [1.54, 1.807) is 0 Å². The first kappa shape index (κ1) is 16.7. The van der Waals surface area contributed by atoms with E-state index in [2.05, 4.69) is 108 Å². The van der Waals surface area contributed by atoms with Gasteiger partial charge in [-0.25, -0.2) is 0 Å². The average Bonchev–Trinajstić information content (AvgIpc) is 3.37. The van der Waals surface area contributed by atoms with Crippen molar-refractivity contribution in [2.45, 2.75) is 20.8 Å². The van der Waals surface area contributed by atoms with E-state index in [1.807, 2.05) is 0 Å². The Balaban J connectivity index is 1.50. The fourth-order valence-electron chi connectivity index (χ4n) is 4.94. The predicted octanol–water partition coefficient (Wildman–Crippen LogP) is 6.43. The van der Waals surface area contributed by atoms with Gasteiger partial charge < -0.3 is 14.2 Å². The summed E-state index contributed by atoms with van der Waals surface area (Å²) in [5, 5.41) is 5.34. The summed E-state index contributed by atoms with van der Waals surface area (Å²) in [6, 6.07) is 22.3. The minimum atomic E-state index is 0.290. The van der Waals surface area contributed by atoms with Crippen LogP contribution in [0.3, 0.4) is 0 Å². The molecular formula is C26H25N3.